The minimum absolute atomic E-state index is 0.00647. The molecule has 108 valence electrons. The molecule has 8 heteroatoms. The number of tetrazole rings is 1. The Balaban J connectivity index is 1.97. The first kappa shape index (κ1) is 14.4. The summed E-state index contributed by atoms with van der Waals surface area (Å²) in [5.41, 5.74) is -0.00647. The predicted octanol–water partition coefficient (Wildman–Crippen LogP) is -0.00410. The van der Waals surface area contributed by atoms with Gasteiger partial charge in [-0.2, -0.15) is 0 Å². The van der Waals surface area contributed by atoms with E-state index in [1.165, 1.54) is 0 Å². The van der Waals surface area contributed by atoms with E-state index in [-0.39, 0.29) is 23.0 Å². The summed E-state index contributed by atoms with van der Waals surface area (Å²) in [6.45, 7) is 7.38. The molecule has 1 atom stereocenters. The van der Waals surface area contributed by atoms with Crippen LogP contribution in [0.3, 0.4) is 0 Å². The first-order valence-electron chi connectivity index (χ1n) is 6.46. The smallest absolute Gasteiger partial charge is 0.165 e. The first-order chi connectivity index (χ1) is 8.75. The fraction of sp³-hybridized carbons (Fsp3) is 0.909. The normalized spacial score (nSPS) is 22.8. The quantitative estimate of drug-likeness (QED) is 0.838. The van der Waals surface area contributed by atoms with Crippen LogP contribution in [0.15, 0.2) is 0 Å². The second kappa shape index (κ2) is 5.16. The van der Waals surface area contributed by atoms with Crippen LogP contribution in [0.2, 0.25) is 0 Å². The van der Waals surface area contributed by atoms with Crippen LogP contribution in [0.5, 0.6) is 0 Å². The van der Waals surface area contributed by atoms with E-state index in [2.05, 4.69) is 41.6 Å². The maximum Gasteiger partial charge on any atom is 0.165 e. The fourth-order valence-corrected chi connectivity index (χ4v) is 3.95. The summed E-state index contributed by atoms with van der Waals surface area (Å²) >= 11 is 0. The molecule has 1 aromatic rings. The zero-order chi connectivity index (χ0) is 14.1. The third-order valence-electron chi connectivity index (χ3n) is 3.14. The molecule has 1 aliphatic rings. The maximum absolute atomic E-state index is 11.4. The number of nitrogens with one attached hydrogen (secondary N) is 1. The summed E-state index contributed by atoms with van der Waals surface area (Å²) in [7, 11) is -2.84. The Hall–Kier alpha value is -1.02. The average Bonchev–Trinajstić information content (AvgIpc) is 2.82. The van der Waals surface area contributed by atoms with Gasteiger partial charge in [-0.3, -0.25) is 0 Å². The highest BCUT2D eigenvalue weighted by Crippen LogP contribution is 2.20. The summed E-state index contributed by atoms with van der Waals surface area (Å²) in [6.07, 6.45) is 0.703. The van der Waals surface area contributed by atoms with E-state index in [4.69, 9.17) is 0 Å². The lowest BCUT2D eigenvalue weighted by atomic mass is 10.1. The lowest BCUT2D eigenvalue weighted by Crippen LogP contribution is -2.36. The molecule has 7 nitrogen and oxygen atoms in total. The minimum atomic E-state index is -2.84. The molecule has 1 fully saturated rings. The molecule has 2 rings (SSSR count). The Morgan fingerprint density at radius 3 is 2.74 bits per heavy atom. The molecule has 1 saturated heterocycles. The topological polar surface area (TPSA) is 89.8 Å². The van der Waals surface area contributed by atoms with Gasteiger partial charge in [0, 0.05) is 12.1 Å². The van der Waals surface area contributed by atoms with E-state index >= 15 is 0 Å². The molecular formula is C11H21N5O2S. The third-order valence-corrected chi connectivity index (χ3v) is 4.98. The van der Waals surface area contributed by atoms with E-state index < -0.39 is 9.84 Å². The Bertz CT molecular complexity index is 532. The molecule has 1 unspecified atom stereocenters. The summed E-state index contributed by atoms with van der Waals surface area (Å²) in [5.74, 6) is 1.41. The van der Waals surface area contributed by atoms with E-state index in [1.54, 1.807) is 4.68 Å². The molecule has 1 aliphatic heterocycles. The third kappa shape index (κ3) is 4.24. The number of hydrogen-bond acceptors (Lipinski definition) is 6. The van der Waals surface area contributed by atoms with Crippen molar-refractivity contribution in [3.8, 4) is 0 Å². The van der Waals surface area contributed by atoms with Crippen molar-refractivity contribution in [2.75, 3.05) is 11.5 Å². The van der Waals surface area contributed by atoms with E-state index in [9.17, 15) is 8.42 Å². The molecule has 0 aliphatic carbocycles. The van der Waals surface area contributed by atoms with E-state index in [0.717, 1.165) is 5.82 Å². The molecule has 0 bridgehead atoms. The zero-order valence-electron chi connectivity index (χ0n) is 11.6. The van der Waals surface area contributed by atoms with Gasteiger partial charge < -0.3 is 5.32 Å². The summed E-state index contributed by atoms with van der Waals surface area (Å²) < 4.78 is 24.6. The zero-order valence-corrected chi connectivity index (χ0v) is 12.4. The van der Waals surface area contributed by atoms with Gasteiger partial charge in [-0.15, -0.1) is 5.10 Å². The molecule has 0 radical (unpaired) electrons. The molecule has 0 spiro atoms. The van der Waals surface area contributed by atoms with Crippen molar-refractivity contribution in [2.45, 2.75) is 45.8 Å². The second-order valence-electron chi connectivity index (χ2n) is 6.15. The van der Waals surface area contributed by atoms with Gasteiger partial charge in [0.2, 0.25) is 0 Å². The van der Waals surface area contributed by atoms with Crippen LogP contribution in [-0.4, -0.2) is 45.7 Å². The van der Waals surface area contributed by atoms with Gasteiger partial charge in [-0.1, -0.05) is 0 Å². The van der Waals surface area contributed by atoms with Crippen LogP contribution >= 0.6 is 0 Å². The molecular weight excluding hydrogens is 266 g/mol. The first-order valence-corrected chi connectivity index (χ1v) is 8.28. The number of sulfone groups is 1. The summed E-state index contributed by atoms with van der Waals surface area (Å²) in [6, 6.07) is 0. The van der Waals surface area contributed by atoms with Gasteiger partial charge in [0.15, 0.2) is 15.7 Å². The van der Waals surface area contributed by atoms with Crippen molar-refractivity contribution in [3.05, 3.63) is 5.82 Å². The van der Waals surface area contributed by atoms with Crippen LogP contribution in [-0.2, 0) is 22.9 Å². The lowest BCUT2D eigenvalue weighted by Gasteiger charge is -2.20. The van der Waals surface area contributed by atoms with Crippen LogP contribution in [0.1, 0.15) is 33.0 Å². The number of nitrogens with zero attached hydrogens (tertiary/aromatic N) is 4. The van der Waals surface area contributed by atoms with Crippen molar-refractivity contribution in [3.63, 3.8) is 0 Å². The van der Waals surface area contributed by atoms with Crippen molar-refractivity contribution in [1.29, 1.82) is 0 Å². The van der Waals surface area contributed by atoms with Gasteiger partial charge >= 0.3 is 0 Å². The highest BCUT2D eigenvalue weighted by atomic mass is 32.2. The predicted molar refractivity (Wildman–Crippen MR) is 71.2 cm³/mol. The molecule has 1 N–H and O–H groups in total. The van der Waals surface area contributed by atoms with Crippen LogP contribution in [0.4, 0.5) is 0 Å². The van der Waals surface area contributed by atoms with Gasteiger partial charge in [-0.25, -0.2) is 13.1 Å². The molecule has 19 heavy (non-hydrogen) atoms. The van der Waals surface area contributed by atoms with Gasteiger partial charge in [0.25, 0.3) is 0 Å². The molecule has 2 heterocycles. The summed E-state index contributed by atoms with van der Waals surface area (Å²) in [4.78, 5) is 0. The van der Waals surface area contributed by atoms with Crippen molar-refractivity contribution >= 4 is 9.84 Å². The monoisotopic (exact) mass is 287 g/mol. The lowest BCUT2D eigenvalue weighted by molar-refractivity contribution is 0.391. The van der Waals surface area contributed by atoms with Gasteiger partial charge in [0.05, 0.1) is 18.1 Å². The Kier molecular flexibility index (Phi) is 3.91. The second-order valence-corrected chi connectivity index (χ2v) is 8.38. The SMILES string of the molecule is CC(C)(C)NCc1nnnn1CC1CCS(=O)(=O)C1. The van der Waals surface area contributed by atoms with Crippen molar-refractivity contribution in [2.24, 2.45) is 5.92 Å². The number of aromatic nitrogens is 4. The van der Waals surface area contributed by atoms with Gasteiger partial charge in [0.1, 0.15) is 0 Å². The Morgan fingerprint density at radius 2 is 2.16 bits per heavy atom. The molecule has 0 saturated carbocycles. The van der Waals surface area contributed by atoms with Crippen LogP contribution in [0, 0.1) is 5.92 Å². The Morgan fingerprint density at radius 1 is 1.42 bits per heavy atom. The number of hydrogen-bond donors (Lipinski definition) is 1. The largest absolute Gasteiger partial charge is 0.305 e. The highest BCUT2D eigenvalue weighted by Gasteiger charge is 2.29. The number of rotatable bonds is 4. The maximum atomic E-state index is 11.4. The van der Waals surface area contributed by atoms with Crippen LogP contribution < -0.4 is 5.32 Å². The summed E-state index contributed by atoms with van der Waals surface area (Å²) in [5, 5.41) is 14.9. The van der Waals surface area contributed by atoms with Crippen molar-refractivity contribution < 1.29 is 8.42 Å². The van der Waals surface area contributed by atoms with Crippen LogP contribution in [0.25, 0.3) is 0 Å². The van der Waals surface area contributed by atoms with Gasteiger partial charge in [-0.05, 0) is 43.5 Å². The minimum Gasteiger partial charge on any atom is -0.305 e. The standard InChI is InChI=1S/C11H21N5O2S/c1-11(2,3)12-6-10-13-14-15-16(10)7-9-4-5-19(17,18)8-9/h9,12H,4-8H2,1-3H3. The molecule has 1 aromatic heterocycles. The average molecular weight is 287 g/mol. The fourth-order valence-electron chi connectivity index (χ4n) is 2.10. The molecule has 0 aromatic carbocycles. The van der Waals surface area contributed by atoms with Crippen molar-refractivity contribution in [1.82, 2.24) is 25.5 Å². The molecule has 0 amide bonds. The van der Waals surface area contributed by atoms with E-state index in [0.29, 0.717) is 19.5 Å². The van der Waals surface area contributed by atoms with E-state index in [1.807, 2.05) is 0 Å². The Labute approximate surface area is 113 Å². The highest BCUT2D eigenvalue weighted by molar-refractivity contribution is 7.91.